The lowest BCUT2D eigenvalue weighted by molar-refractivity contribution is 0.196. The lowest BCUT2D eigenvalue weighted by atomic mass is 9.98. The third-order valence-corrected chi connectivity index (χ3v) is 4.14. The first-order valence-corrected chi connectivity index (χ1v) is 7.11. The molecular formula is C14H19ClN4. The number of nitrogen functional groups attached to an aromatic ring is 1. The van der Waals surface area contributed by atoms with Crippen molar-refractivity contribution in [1.29, 1.82) is 0 Å². The molecule has 0 saturated carbocycles. The molecule has 0 amide bonds. The van der Waals surface area contributed by atoms with Crippen LogP contribution in [-0.2, 0) is 6.54 Å². The number of aromatic nitrogens is 2. The number of benzene rings is 1. The zero-order valence-electron chi connectivity index (χ0n) is 11.1. The summed E-state index contributed by atoms with van der Waals surface area (Å²) in [6.07, 6.45) is 2.52. The molecule has 2 aromatic rings. The average molecular weight is 279 g/mol. The summed E-state index contributed by atoms with van der Waals surface area (Å²) < 4.78 is 2.12. The van der Waals surface area contributed by atoms with Crippen LogP contribution in [0.5, 0.6) is 0 Å². The molecule has 1 aliphatic heterocycles. The highest BCUT2D eigenvalue weighted by Crippen LogP contribution is 2.25. The highest BCUT2D eigenvalue weighted by atomic mass is 35.5. The van der Waals surface area contributed by atoms with Crippen molar-refractivity contribution < 1.29 is 0 Å². The van der Waals surface area contributed by atoms with Crippen LogP contribution >= 0.6 is 11.6 Å². The van der Waals surface area contributed by atoms with Gasteiger partial charge >= 0.3 is 0 Å². The van der Waals surface area contributed by atoms with Gasteiger partial charge in [-0.1, -0.05) is 11.6 Å². The van der Waals surface area contributed by atoms with Gasteiger partial charge in [-0.05, 0) is 50.6 Å². The number of imidazole rings is 1. The number of rotatable bonds is 2. The Morgan fingerprint density at radius 3 is 3.11 bits per heavy atom. The van der Waals surface area contributed by atoms with E-state index >= 15 is 0 Å². The fourth-order valence-electron chi connectivity index (χ4n) is 2.99. The molecule has 1 aliphatic rings. The van der Waals surface area contributed by atoms with E-state index in [-0.39, 0.29) is 0 Å². The zero-order chi connectivity index (χ0) is 13.4. The summed E-state index contributed by atoms with van der Waals surface area (Å²) in [7, 11) is 2.18. The maximum atomic E-state index is 6.05. The van der Waals surface area contributed by atoms with Crippen LogP contribution in [0.1, 0.15) is 12.8 Å². The van der Waals surface area contributed by atoms with E-state index in [4.69, 9.17) is 17.3 Å². The van der Waals surface area contributed by atoms with Crippen LogP contribution in [0.25, 0.3) is 11.0 Å². The number of nitrogens with zero attached hydrogens (tertiary/aromatic N) is 3. The van der Waals surface area contributed by atoms with Gasteiger partial charge in [-0.15, -0.1) is 0 Å². The molecule has 0 radical (unpaired) electrons. The minimum Gasteiger partial charge on any atom is -0.369 e. The number of likely N-dealkylation sites (tertiary alicyclic amines) is 1. The predicted octanol–water partition coefficient (Wildman–Crippen LogP) is 2.61. The molecule has 19 heavy (non-hydrogen) atoms. The molecule has 1 aromatic heterocycles. The Morgan fingerprint density at radius 2 is 2.32 bits per heavy atom. The highest BCUT2D eigenvalue weighted by molar-refractivity contribution is 6.31. The van der Waals surface area contributed by atoms with Crippen molar-refractivity contribution in [2.24, 2.45) is 5.92 Å². The third-order valence-electron chi connectivity index (χ3n) is 3.90. The summed E-state index contributed by atoms with van der Waals surface area (Å²) in [4.78, 5) is 6.79. The zero-order valence-corrected chi connectivity index (χ0v) is 11.9. The molecule has 2 N–H and O–H groups in total. The van der Waals surface area contributed by atoms with Gasteiger partial charge in [0.15, 0.2) is 0 Å². The van der Waals surface area contributed by atoms with Gasteiger partial charge in [0.05, 0.1) is 11.0 Å². The average Bonchev–Trinajstić information content (AvgIpc) is 2.65. The normalized spacial score (nSPS) is 21.1. The summed E-state index contributed by atoms with van der Waals surface area (Å²) in [5.41, 5.74) is 8.01. The fraction of sp³-hybridized carbons (Fsp3) is 0.500. The number of halogens is 1. The minimum atomic E-state index is 0.588. The molecule has 1 saturated heterocycles. The van der Waals surface area contributed by atoms with Gasteiger partial charge in [0.25, 0.3) is 0 Å². The van der Waals surface area contributed by atoms with Crippen molar-refractivity contribution in [3.05, 3.63) is 23.2 Å². The van der Waals surface area contributed by atoms with Gasteiger partial charge in [-0.3, -0.25) is 0 Å². The van der Waals surface area contributed by atoms with E-state index in [0.717, 1.165) is 24.1 Å². The van der Waals surface area contributed by atoms with Crippen LogP contribution in [0.15, 0.2) is 18.2 Å². The molecule has 2 heterocycles. The first kappa shape index (κ1) is 12.8. The number of nitrogens with two attached hydrogens (primary N) is 1. The number of piperidine rings is 1. The van der Waals surface area contributed by atoms with Gasteiger partial charge in [-0.2, -0.15) is 0 Å². The Balaban J connectivity index is 1.89. The topological polar surface area (TPSA) is 47.1 Å². The third kappa shape index (κ3) is 2.55. The van der Waals surface area contributed by atoms with Gasteiger partial charge in [-0.25, -0.2) is 4.98 Å². The molecule has 1 atom stereocenters. The lowest BCUT2D eigenvalue weighted by Crippen LogP contribution is -2.34. The maximum absolute atomic E-state index is 6.05. The molecule has 0 spiro atoms. The Labute approximate surface area is 118 Å². The number of fused-ring (bicyclic) bond motifs is 1. The maximum Gasteiger partial charge on any atom is 0.201 e. The number of hydrogen-bond acceptors (Lipinski definition) is 3. The Hall–Kier alpha value is -1.26. The van der Waals surface area contributed by atoms with Gasteiger partial charge in [0, 0.05) is 18.1 Å². The van der Waals surface area contributed by atoms with Crippen molar-refractivity contribution >= 4 is 28.6 Å². The van der Waals surface area contributed by atoms with Crippen molar-refractivity contribution in [2.45, 2.75) is 19.4 Å². The molecular weight excluding hydrogens is 260 g/mol. The second-order valence-corrected chi connectivity index (χ2v) is 5.92. The number of anilines is 1. The predicted molar refractivity (Wildman–Crippen MR) is 79.4 cm³/mol. The minimum absolute atomic E-state index is 0.588. The summed E-state index contributed by atoms with van der Waals surface area (Å²) in [6.45, 7) is 3.27. The van der Waals surface area contributed by atoms with Crippen molar-refractivity contribution in [2.75, 3.05) is 25.9 Å². The van der Waals surface area contributed by atoms with E-state index in [1.165, 1.54) is 19.4 Å². The monoisotopic (exact) mass is 278 g/mol. The molecule has 4 nitrogen and oxygen atoms in total. The molecule has 1 unspecified atom stereocenters. The van der Waals surface area contributed by atoms with Crippen LogP contribution in [0.3, 0.4) is 0 Å². The Morgan fingerprint density at radius 1 is 1.47 bits per heavy atom. The quantitative estimate of drug-likeness (QED) is 0.919. The van der Waals surface area contributed by atoms with Gasteiger partial charge < -0.3 is 15.2 Å². The van der Waals surface area contributed by atoms with Crippen LogP contribution < -0.4 is 5.73 Å². The smallest absolute Gasteiger partial charge is 0.201 e. The van der Waals surface area contributed by atoms with Crippen molar-refractivity contribution in [3.63, 3.8) is 0 Å². The molecule has 0 bridgehead atoms. The van der Waals surface area contributed by atoms with E-state index in [2.05, 4.69) is 21.5 Å². The van der Waals surface area contributed by atoms with E-state index in [1.807, 2.05) is 18.2 Å². The summed E-state index contributed by atoms with van der Waals surface area (Å²) in [6, 6.07) is 5.78. The van der Waals surface area contributed by atoms with E-state index in [1.54, 1.807) is 0 Å². The molecule has 102 valence electrons. The van der Waals surface area contributed by atoms with E-state index in [9.17, 15) is 0 Å². The molecule has 0 aliphatic carbocycles. The van der Waals surface area contributed by atoms with Crippen LogP contribution in [0.4, 0.5) is 5.95 Å². The molecule has 1 fully saturated rings. The molecule has 1 aromatic carbocycles. The van der Waals surface area contributed by atoms with E-state index in [0.29, 0.717) is 16.9 Å². The standard InChI is InChI=1S/C14H19ClN4/c1-18-6-2-3-10(8-18)9-19-13-5-4-11(15)7-12(13)17-14(19)16/h4-5,7,10H,2-3,6,8-9H2,1H3,(H2,16,17). The SMILES string of the molecule is CN1CCCC(Cn2c(N)nc3cc(Cl)ccc32)C1. The fourth-order valence-corrected chi connectivity index (χ4v) is 3.16. The second kappa shape index (κ2) is 5.02. The van der Waals surface area contributed by atoms with Gasteiger partial charge in [0.1, 0.15) is 0 Å². The van der Waals surface area contributed by atoms with Crippen LogP contribution in [0.2, 0.25) is 5.02 Å². The molecule has 5 heteroatoms. The summed E-state index contributed by atoms with van der Waals surface area (Å²) >= 11 is 5.99. The summed E-state index contributed by atoms with van der Waals surface area (Å²) in [5.74, 6) is 1.24. The first-order chi connectivity index (χ1) is 9.13. The summed E-state index contributed by atoms with van der Waals surface area (Å²) in [5, 5.41) is 0.703. The van der Waals surface area contributed by atoms with E-state index < -0.39 is 0 Å². The molecule has 3 rings (SSSR count). The Kier molecular flexibility index (Phi) is 3.37. The van der Waals surface area contributed by atoms with Crippen LogP contribution in [-0.4, -0.2) is 34.6 Å². The van der Waals surface area contributed by atoms with Crippen molar-refractivity contribution in [1.82, 2.24) is 14.5 Å². The Bertz CT molecular complexity index is 592. The second-order valence-electron chi connectivity index (χ2n) is 5.48. The van der Waals surface area contributed by atoms with Gasteiger partial charge in [0.2, 0.25) is 5.95 Å². The lowest BCUT2D eigenvalue weighted by Gasteiger charge is -2.30. The largest absolute Gasteiger partial charge is 0.369 e. The highest BCUT2D eigenvalue weighted by Gasteiger charge is 2.19. The first-order valence-electron chi connectivity index (χ1n) is 6.73. The van der Waals surface area contributed by atoms with Crippen LogP contribution in [0, 0.1) is 5.92 Å². The number of hydrogen-bond donors (Lipinski definition) is 1. The van der Waals surface area contributed by atoms with Crippen molar-refractivity contribution in [3.8, 4) is 0 Å².